The van der Waals surface area contributed by atoms with Crippen molar-refractivity contribution in [3.8, 4) is 0 Å². The third-order valence-corrected chi connectivity index (χ3v) is 2.77. The van der Waals surface area contributed by atoms with Gasteiger partial charge in [-0.25, -0.2) is 4.98 Å². The van der Waals surface area contributed by atoms with Crippen LogP contribution in [-0.4, -0.2) is 28.9 Å². The number of piperidine rings is 1. The number of aromatic nitrogens is 2. The van der Waals surface area contributed by atoms with Crippen LogP contribution in [0.25, 0.3) is 0 Å². The Balaban J connectivity index is 0.00000112. The maximum atomic E-state index is 10.6. The molecular weight excluding hydrogens is 214 g/mol. The standard InChI is InChI=1S/C10H15N3O.ClH/c14-8-10-12-5-6-13(10)7-9-1-3-11-4-2-9;/h5-6,8-9,11H,1-4,7H2;1H. The largest absolute Gasteiger partial charge is 0.328 e. The van der Waals surface area contributed by atoms with Gasteiger partial charge in [0.2, 0.25) is 0 Å². The summed E-state index contributed by atoms with van der Waals surface area (Å²) in [7, 11) is 0. The Bertz CT molecular complexity index is 307. The molecule has 0 atom stereocenters. The molecule has 2 rings (SSSR count). The van der Waals surface area contributed by atoms with Gasteiger partial charge >= 0.3 is 0 Å². The number of carbonyl (C=O) groups excluding carboxylic acids is 1. The molecule has 1 fully saturated rings. The number of hydrogen-bond acceptors (Lipinski definition) is 3. The van der Waals surface area contributed by atoms with Gasteiger partial charge in [-0.1, -0.05) is 0 Å². The van der Waals surface area contributed by atoms with Crippen LogP contribution in [0, 0.1) is 5.92 Å². The first-order valence-electron chi connectivity index (χ1n) is 5.07. The van der Waals surface area contributed by atoms with Gasteiger partial charge in [0, 0.05) is 18.9 Å². The van der Waals surface area contributed by atoms with Crippen LogP contribution in [0.1, 0.15) is 23.5 Å². The molecular formula is C10H16ClN3O. The van der Waals surface area contributed by atoms with E-state index in [1.165, 1.54) is 12.8 Å². The van der Waals surface area contributed by atoms with E-state index in [-0.39, 0.29) is 12.4 Å². The van der Waals surface area contributed by atoms with E-state index in [4.69, 9.17) is 0 Å². The van der Waals surface area contributed by atoms with Gasteiger partial charge in [-0.3, -0.25) is 4.79 Å². The first-order chi connectivity index (χ1) is 6.90. The molecule has 1 aromatic heterocycles. The van der Waals surface area contributed by atoms with Crippen molar-refractivity contribution >= 4 is 18.7 Å². The highest BCUT2D eigenvalue weighted by Gasteiger charge is 2.14. The van der Waals surface area contributed by atoms with Gasteiger partial charge in [0.25, 0.3) is 0 Å². The van der Waals surface area contributed by atoms with Gasteiger partial charge in [-0.2, -0.15) is 0 Å². The Morgan fingerprint density at radius 2 is 2.27 bits per heavy atom. The van der Waals surface area contributed by atoms with Gasteiger partial charge in [0.1, 0.15) is 0 Å². The summed E-state index contributed by atoms with van der Waals surface area (Å²) in [6.07, 6.45) is 6.77. The lowest BCUT2D eigenvalue weighted by Crippen LogP contribution is -2.30. The van der Waals surface area contributed by atoms with E-state index in [9.17, 15) is 4.79 Å². The molecule has 0 aromatic carbocycles. The molecule has 1 aromatic rings. The number of carbonyl (C=O) groups is 1. The van der Waals surface area contributed by atoms with Crippen LogP contribution in [0.2, 0.25) is 0 Å². The zero-order valence-corrected chi connectivity index (χ0v) is 9.37. The van der Waals surface area contributed by atoms with Gasteiger partial charge in [-0.15, -0.1) is 12.4 Å². The summed E-state index contributed by atoms with van der Waals surface area (Å²) in [5.74, 6) is 1.23. The predicted octanol–water partition coefficient (Wildman–Crippen LogP) is 1.12. The van der Waals surface area contributed by atoms with Crippen molar-refractivity contribution in [3.63, 3.8) is 0 Å². The lowest BCUT2D eigenvalue weighted by molar-refractivity contribution is 0.110. The van der Waals surface area contributed by atoms with E-state index >= 15 is 0 Å². The maximum absolute atomic E-state index is 10.6. The molecule has 0 saturated carbocycles. The highest BCUT2D eigenvalue weighted by molar-refractivity contribution is 5.85. The van der Waals surface area contributed by atoms with E-state index in [0.717, 1.165) is 25.9 Å². The van der Waals surface area contributed by atoms with Crippen molar-refractivity contribution in [3.05, 3.63) is 18.2 Å². The SMILES string of the molecule is Cl.O=Cc1nccn1CC1CCNCC1. The summed E-state index contributed by atoms with van der Waals surface area (Å²) < 4.78 is 1.95. The Hall–Kier alpha value is -0.870. The topological polar surface area (TPSA) is 46.9 Å². The van der Waals surface area contributed by atoms with Crippen molar-refractivity contribution in [1.29, 1.82) is 0 Å². The fraction of sp³-hybridized carbons (Fsp3) is 0.600. The molecule has 1 aliphatic heterocycles. The van der Waals surface area contributed by atoms with Crippen LogP contribution >= 0.6 is 12.4 Å². The monoisotopic (exact) mass is 229 g/mol. The predicted molar refractivity (Wildman–Crippen MR) is 60.5 cm³/mol. The Kier molecular flexibility index (Phi) is 4.78. The number of nitrogens with one attached hydrogen (secondary N) is 1. The lowest BCUT2D eigenvalue weighted by Gasteiger charge is -2.23. The third kappa shape index (κ3) is 3.04. The molecule has 0 bridgehead atoms. The third-order valence-electron chi connectivity index (χ3n) is 2.77. The quantitative estimate of drug-likeness (QED) is 0.791. The zero-order chi connectivity index (χ0) is 9.80. The van der Waals surface area contributed by atoms with Crippen LogP contribution in [0.5, 0.6) is 0 Å². The minimum Gasteiger partial charge on any atom is -0.328 e. The average molecular weight is 230 g/mol. The second kappa shape index (κ2) is 5.88. The fourth-order valence-electron chi connectivity index (χ4n) is 1.94. The van der Waals surface area contributed by atoms with E-state index in [1.54, 1.807) is 6.20 Å². The molecule has 1 saturated heterocycles. The Labute approximate surface area is 95.5 Å². The molecule has 0 amide bonds. The van der Waals surface area contributed by atoms with Crippen molar-refractivity contribution in [2.45, 2.75) is 19.4 Å². The normalized spacial score (nSPS) is 17.1. The molecule has 84 valence electrons. The van der Waals surface area contributed by atoms with Gasteiger partial charge < -0.3 is 9.88 Å². The van der Waals surface area contributed by atoms with Crippen molar-refractivity contribution in [2.75, 3.05) is 13.1 Å². The smallest absolute Gasteiger partial charge is 0.185 e. The van der Waals surface area contributed by atoms with Crippen molar-refractivity contribution in [1.82, 2.24) is 14.9 Å². The molecule has 0 aliphatic carbocycles. The molecule has 0 radical (unpaired) electrons. The molecule has 2 heterocycles. The minimum atomic E-state index is 0. The molecule has 0 unspecified atom stereocenters. The number of halogens is 1. The highest BCUT2D eigenvalue weighted by Crippen LogP contribution is 2.14. The summed E-state index contributed by atoms with van der Waals surface area (Å²) in [5, 5.41) is 3.33. The number of imidazole rings is 1. The highest BCUT2D eigenvalue weighted by atomic mass is 35.5. The van der Waals surface area contributed by atoms with E-state index < -0.39 is 0 Å². The van der Waals surface area contributed by atoms with Crippen molar-refractivity contribution in [2.24, 2.45) is 5.92 Å². The first kappa shape index (κ1) is 12.2. The molecule has 1 aliphatic rings. The van der Waals surface area contributed by atoms with Gasteiger partial charge in [0.15, 0.2) is 12.1 Å². The summed E-state index contributed by atoms with van der Waals surface area (Å²) in [4.78, 5) is 14.6. The van der Waals surface area contributed by atoms with E-state index in [0.29, 0.717) is 11.7 Å². The number of aldehydes is 1. The molecule has 5 heteroatoms. The fourth-order valence-corrected chi connectivity index (χ4v) is 1.94. The van der Waals surface area contributed by atoms with Crippen molar-refractivity contribution < 1.29 is 4.79 Å². The number of rotatable bonds is 3. The molecule has 15 heavy (non-hydrogen) atoms. The zero-order valence-electron chi connectivity index (χ0n) is 8.56. The maximum Gasteiger partial charge on any atom is 0.185 e. The summed E-state index contributed by atoms with van der Waals surface area (Å²) in [6, 6.07) is 0. The van der Waals surface area contributed by atoms with Crippen LogP contribution in [0.3, 0.4) is 0 Å². The second-order valence-corrected chi connectivity index (χ2v) is 3.75. The van der Waals surface area contributed by atoms with Crippen LogP contribution in [0.15, 0.2) is 12.4 Å². The van der Waals surface area contributed by atoms with Crippen LogP contribution in [-0.2, 0) is 6.54 Å². The van der Waals surface area contributed by atoms with Gasteiger partial charge in [-0.05, 0) is 31.8 Å². The average Bonchev–Trinajstić information content (AvgIpc) is 2.67. The number of nitrogens with zero attached hydrogens (tertiary/aromatic N) is 2. The summed E-state index contributed by atoms with van der Waals surface area (Å²) in [5.41, 5.74) is 0. The number of hydrogen-bond donors (Lipinski definition) is 1. The van der Waals surface area contributed by atoms with E-state index in [1.807, 2.05) is 10.8 Å². The van der Waals surface area contributed by atoms with Crippen LogP contribution in [0.4, 0.5) is 0 Å². The molecule has 4 nitrogen and oxygen atoms in total. The molecule has 0 spiro atoms. The lowest BCUT2D eigenvalue weighted by atomic mass is 9.98. The minimum absolute atomic E-state index is 0. The Morgan fingerprint density at radius 3 is 2.93 bits per heavy atom. The molecule has 1 N–H and O–H groups in total. The second-order valence-electron chi connectivity index (χ2n) is 3.75. The first-order valence-corrected chi connectivity index (χ1v) is 5.07. The summed E-state index contributed by atoms with van der Waals surface area (Å²) in [6.45, 7) is 3.11. The van der Waals surface area contributed by atoms with Gasteiger partial charge in [0.05, 0.1) is 0 Å². The van der Waals surface area contributed by atoms with Crippen LogP contribution < -0.4 is 5.32 Å². The van der Waals surface area contributed by atoms with E-state index in [2.05, 4.69) is 10.3 Å². The summed E-state index contributed by atoms with van der Waals surface area (Å²) >= 11 is 0. The Morgan fingerprint density at radius 1 is 1.53 bits per heavy atom.